The lowest BCUT2D eigenvalue weighted by Crippen LogP contribution is -2.05. The van der Waals surface area contributed by atoms with Crippen molar-refractivity contribution in [3.05, 3.63) is 46.3 Å². The van der Waals surface area contributed by atoms with Gasteiger partial charge >= 0.3 is 5.97 Å². The van der Waals surface area contributed by atoms with Gasteiger partial charge in [0.2, 0.25) is 0 Å². The molecule has 0 fully saturated rings. The summed E-state index contributed by atoms with van der Waals surface area (Å²) >= 11 is 0. The fourth-order valence-corrected chi connectivity index (χ4v) is 4.01. The number of hydrogen-bond donors (Lipinski definition) is 3. The molecule has 0 saturated carbocycles. The number of aliphatic carboxylic acids is 1. The maximum atomic E-state index is 12.5. The fraction of sp³-hybridized carbons (Fsp3) is 0.333. The van der Waals surface area contributed by atoms with Crippen molar-refractivity contribution in [2.75, 3.05) is 12.4 Å². The normalized spacial score (nSPS) is 16.8. The fourth-order valence-electron chi connectivity index (χ4n) is 4.01. The molecule has 1 aliphatic heterocycles. The van der Waals surface area contributed by atoms with Crippen molar-refractivity contribution >= 4 is 29.2 Å². The number of carbonyl (C=O) groups is 2. The summed E-state index contributed by atoms with van der Waals surface area (Å²) in [4.78, 5) is 27.1. The molecule has 140 valence electrons. The zero-order valence-electron chi connectivity index (χ0n) is 15.2. The first kappa shape index (κ1) is 17.4. The Balaban J connectivity index is 1.77. The lowest BCUT2D eigenvalue weighted by Gasteiger charge is -2.12. The van der Waals surface area contributed by atoms with Crippen LogP contribution in [-0.4, -0.2) is 29.1 Å². The molecule has 1 aromatic heterocycles. The zero-order valence-corrected chi connectivity index (χ0v) is 15.2. The average molecular weight is 366 g/mol. The standard InChI is InChI=1S/C21H22N2O4/c1-27-12-6-7-15-16(21(26)23-18(15)10-12)11-19-14(8-9-20(24)25)13-4-2-3-5-17(13)22-19/h6-7,10-11,22H,2-5,8-9H2,1H3,(H,23,26)(H,24,25)/b16-11+. The monoisotopic (exact) mass is 366 g/mol. The minimum atomic E-state index is -0.810. The molecule has 0 unspecified atom stereocenters. The molecule has 1 aromatic carbocycles. The number of fused-ring (bicyclic) bond motifs is 2. The molecular weight excluding hydrogens is 344 g/mol. The smallest absolute Gasteiger partial charge is 0.303 e. The highest BCUT2D eigenvalue weighted by atomic mass is 16.5. The summed E-state index contributed by atoms with van der Waals surface area (Å²) in [5.41, 5.74) is 6.46. The quantitative estimate of drug-likeness (QED) is 0.707. The second kappa shape index (κ2) is 6.95. The first-order chi connectivity index (χ1) is 13.1. The molecule has 2 heterocycles. The topological polar surface area (TPSA) is 91.4 Å². The van der Waals surface area contributed by atoms with Crippen molar-refractivity contribution in [3.8, 4) is 5.75 Å². The number of amides is 1. The van der Waals surface area contributed by atoms with Crippen molar-refractivity contribution in [1.29, 1.82) is 0 Å². The highest BCUT2D eigenvalue weighted by molar-refractivity contribution is 6.35. The predicted octanol–water partition coefficient (Wildman–Crippen LogP) is 3.41. The molecule has 6 nitrogen and oxygen atoms in total. The Kier molecular flexibility index (Phi) is 4.48. The molecule has 0 saturated heterocycles. The number of methoxy groups -OCH3 is 1. The van der Waals surface area contributed by atoms with Crippen LogP contribution in [0.4, 0.5) is 5.69 Å². The molecule has 3 N–H and O–H groups in total. The summed E-state index contributed by atoms with van der Waals surface area (Å²) < 4.78 is 5.22. The maximum Gasteiger partial charge on any atom is 0.303 e. The summed E-state index contributed by atoms with van der Waals surface area (Å²) in [6, 6.07) is 5.51. The van der Waals surface area contributed by atoms with E-state index in [1.807, 2.05) is 18.2 Å². The van der Waals surface area contributed by atoms with E-state index >= 15 is 0 Å². The van der Waals surface area contributed by atoms with Crippen molar-refractivity contribution in [2.24, 2.45) is 0 Å². The number of anilines is 1. The van der Waals surface area contributed by atoms with E-state index in [1.54, 1.807) is 13.2 Å². The second-order valence-corrected chi connectivity index (χ2v) is 7.00. The Morgan fingerprint density at radius 1 is 1.30 bits per heavy atom. The number of nitrogens with one attached hydrogen (secondary N) is 2. The molecule has 27 heavy (non-hydrogen) atoms. The number of carboxylic acids is 1. The van der Waals surface area contributed by atoms with Crippen LogP contribution >= 0.6 is 0 Å². The number of H-pyrrole nitrogens is 1. The Hall–Kier alpha value is -3.02. The number of carbonyl (C=O) groups excluding carboxylic acids is 1. The van der Waals surface area contributed by atoms with Gasteiger partial charge in [-0.1, -0.05) is 0 Å². The molecule has 0 spiro atoms. The molecule has 4 rings (SSSR count). The summed E-state index contributed by atoms with van der Waals surface area (Å²) in [6.45, 7) is 0. The molecule has 2 aromatic rings. The Labute approximate surface area is 157 Å². The second-order valence-electron chi connectivity index (χ2n) is 7.00. The Morgan fingerprint density at radius 3 is 2.89 bits per heavy atom. The number of ether oxygens (including phenoxy) is 1. The van der Waals surface area contributed by atoms with Gasteiger partial charge in [0.15, 0.2) is 0 Å². The summed E-state index contributed by atoms with van der Waals surface area (Å²) in [6.07, 6.45) is 6.60. The number of rotatable bonds is 5. The number of carboxylic acid groups (broad SMARTS) is 1. The third-order valence-corrected chi connectivity index (χ3v) is 5.33. The largest absolute Gasteiger partial charge is 0.497 e. The average Bonchev–Trinajstić information content (AvgIpc) is 3.16. The van der Waals surface area contributed by atoms with Gasteiger partial charge in [0.1, 0.15) is 5.75 Å². The van der Waals surface area contributed by atoms with E-state index in [0.29, 0.717) is 17.7 Å². The van der Waals surface area contributed by atoms with Gasteiger partial charge in [-0.25, -0.2) is 0 Å². The predicted molar refractivity (Wildman–Crippen MR) is 103 cm³/mol. The number of aromatic nitrogens is 1. The van der Waals surface area contributed by atoms with Crippen LogP contribution in [0.25, 0.3) is 11.6 Å². The van der Waals surface area contributed by atoms with Crippen molar-refractivity contribution < 1.29 is 19.4 Å². The van der Waals surface area contributed by atoms with Crippen molar-refractivity contribution in [3.63, 3.8) is 0 Å². The van der Waals surface area contributed by atoms with Crippen LogP contribution in [0.1, 0.15) is 47.3 Å². The molecule has 1 aliphatic carbocycles. The number of hydrogen-bond acceptors (Lipinski definition) is 3. The molecule has 1 amide bonds. The van der Waals surface area contributed by atoms with E-state index in [9.17, 15) is 9.59 Å². The number of benzene rings is 1. The molecule has 0 radical (unpaired) electrons. The third kappa shape index (κ3) is 3.23. The molecular formula is C21H22N2O4. The van der Waals surface area contributed by atoms with Gasteiger partial charge in [-0.15, -0.1) is 0 Å². The van der Waals surface area contributed by atoms with Gasteiger partial charge in [-0.05, 0) is 61.4 Å². The van der Waals surface area contributed by atoms with Crippen LogP contribution in [0.15, 0.2) is 18.2 Å². The van der Waals surface area contributed by atoms with Gasteiger partial charge < -0.3 is 20.1 Å². The van der Waals surface area contributed by atoms with E-state index < -0.39 is 5.97 Å². The van der Waals surface area contributed by atoms with Gasteiger partial charge in [0.05, 0.1) is 18.4 Å². The van der Waals surface area contributed by atoms with Crippen molar-refractivity contribution in [1.82, 2.24) is 4.98 Å². The molecule has 2 aliphatic rings. The van der Waals surface area contributed by atoms with E-state index in [-0.39, 0.29) is 12.3 Å². The molecule has 0 atom stereocenters. The lowest BCUT2D eigenvalue weighted by molar-refractivity contribution is -0.137. The third-order valence-electron chi connectivity index (χ3n) is 5.33. The molecule has 0 bridgehead atoms. The van der Waals surface area contributed by atoms with E-state index in [4.69, 9.17) is 9.84 Å². The van der Waals surface area contributed by atoms with Crippen LogP contribution in [0.2, 0.25) is 0 Å². The SMILES string of the molecule is COc1ccc2c(c1)NC(=O)/C2=C/c1[nH]c2c(c1CCC(=O)O)CCCC2. The summed E-state index contributed by atoms with van der Waals surface area (Å²) in [5, 5.41) is 12.0. The zero-order chi connectivity index (χ0) is 19.0. The van der Waals surface area contributed by atoms with Crippen LogP contribution < -0.4 is 10.1 Å². The van der Waals surface area contributed by atoms with Crippen LogP contribution in [0.3, 0.4) is 0 Å². The first-order valence-electron chi connectivity index (χ1n) is 9.22. The van der Waals surface area contributed by atoms with E-state index in [0.717, 1.165) is 48.2 Å². The summed E-state index contributed by atoms with van der Waals surface area (Å²) in [7, 11) is 1.59. The Bertz CT molecular complexity index is 955. The van der Waals surface area contributed by atoms with Crippen LogP contribution in [-0.2, 0) is 28.9 Å². The van der Waals surface area contributed by atoms with E-state index in [2.05, 4.69) is 10.3 Å². The molecule has 6 heteroatoms. The Morgan fingerprint density at radius 2 is 2.11 bits per heavy atom. The van der Waals surface area contributed by atoms with Gasteiger partial charge in [0, 0.05) is 29.4 Å². The maximum absolute atomic E-state index is 12.5. The number of aryl methyl sites for hydroxylation is 1. The minimum Gasteiger partial charge on any atom is -0.497 e. The van der Waals surface area contributed by atoms with Gasteiger partial charge in [0.25, 0.3) is 5.91 Å². The van der Waals surface area contributed by atoms with Crippen LogP contribution in [0, 0.1) is 0 Å². The van der Waals surface area contributed by atoms with E-state index in [1.165, 1.54) is 11.3 Å². The lowest BCUT2D eigenvalue weighted by atomic mass is 9.92. The highest BCUT2D eigenvalue weighted by Crippen LogP contribution is 2.37. The van der Waals surface area contributed by atoms with Gasteiger partial charge in [-0.2, -0.15) is 0 Å². The minimum absolute atomic E-state index is 0.0838. The van der Waals surface area contributed by atoms with Crippen molar-refractivity contribution in [2.45, 2.75) is 38.5 Å². The summed E-state index contributed by atoms with van der Waals surface area (Å²) in [5.74, 6) is -0.279. The number of aromatic amines is 1. The van der Waals surface area contributed by atoms with Crippen LogP contribution in [0.5, 0.6) is 5.75 Å². The first-order valence-corrected chi connectivity index (χ1v) is 9.22. The highest BCUT2D eigenvalue weighted by Gasteiger charge is 2.26. The van der Waals surface area contributed by atoms with Gasteiger partial charge in [-0.3, -0.25) is 9.59 Å².